The van der Waals surface area contributed by atoms with Crippen LogP contribution in [0.1, 0.15) is 17.4 Å². The summed E-state index contributed by atoms with van der Waals surface area (Å²) in [5, 5.41) is 9.95. The van der Waals surface area contributed by atoms with E-state index in [2.05, 4.69) is 9.97 Å². The Kier molecular flexibility index (Phi) is 3.84. The van der Waals surface area contributed by atoms with Gasteiger partial charge in [0.05, 0.1) is 12.8 Å². The highest BCUT2D eigenvalue weighted by molar-refractivity contribution is 5.30. The Morgan fingerprint density at radius 2 is 2.22 bits per heavy atom. The molecule has 1 N–H and O–H groups in total. The molecule has 0 aliphatic rings. The van der Waals surface area contributed by atoms with Gasteiger partial charge in [0.1, 0.15) is 12.4 Å². The lowest BCUT2D eigenvalue weighted by molar-refractivity contribution is 0.173. The highest BCUT2D eigenvalue weighted by Gasteiger charge is 2.11. The number of rotatable bonds is 4. The second-order valence-electron chi connectivity index (χ2n) is 3.82. The molecule has 5 heteroatoms. The fraction of sp³-hybridized carbons (Fsp3) is 0.231. The average Bonchev–Trinajstić information content (AvgIpc) is 2.40. The minimum Gasteiger partial charge on any atom is -0.494 e. The number of ether oxygens (including phenoxy) is 1. The third kappa shape index (κ3) is 2.81. The van der Waals surface area contributed by atoms with E-state index in [4.69, 9.17) is 4.74 Å². The summed E-state index contributed by atoms with van der Waals surface area (Å²) < 4.78 is 18.3. The zero-order chi connectivity index (χ0) is 13.0. The van der Waals surface area contributed by atoms with E-state index in [0.717, 1.165) is 0 Å². The van der Waals surface area contributed by atoms with Crippen LogP contribution >= 0.6 is 0 Å². The van der Waals surface area contributed by atoms with Crippen molar-refractivity contribution in [3.63, 3.8) is 0 Å². The second kappa shape index (κ2) is 5.55. The van der Waals surface area contributed by atoms with E-state index in [1.165, 1.54) is 25.6 Å². The molecule has 1 heterocycles. The average molecular weight is 248 g/mol. The van der Waals surface area contributed by atoms with Crippen LogP contribution in [0.5, 0.6) is 5.75 Å². The first-order chi connectivity index (χ1) is 8.70. The lowest BCUT2D eigenvalue weighted by Crippen LogP contribution is -2.04. The maximum absolute atomic E-state index is 13.5. The van der Waals surface area contributed by atoms with Crippen LogP contribution < -0.4 is 4.74 Å². The van der Waals surface area contributed by atoms with E-state index in [1.807, 2.05) is 0 Å². The van der Waals surface area contributed by atoms with Crippen LogP contribution in [-0.4, -0.2) is 22.2 Å². The van der Waals surface area contributed by atoms with E-state index in [1.54, 1.807) is 18.3 Å². The van der Waals surface area contributed by atoms with Crippen LogP contribution in [0.15, 0.2) is 36.8 Å². The number of benzene rings is 1. The van der Waals surface area contributed by atoms with Gasteiger partial charge in [0.15, 0.2) is 11.6 Å². The van der Waals surface area contributed by atoms with Crippen molar-refractivity contribution in [3.05, 3.63) is 53.9 Å². The zero-order valence-electron chi connectivity index (χ0n) is 9.88. The Morgan fingerprint density at radius 1 is 1.39 bits per heavy atom. The van der Waals surface area contributed by atoms with Crippen molar-refractivity contribution < 1.29 is 14.2 Å². The molecule has 0 spiro atoms. The number of methoxy groups -OCH3 is 1. The summed E-state index contributed by atoms with van der Waals surface area (Å²) in [5.74, 6) is -0.250. The smallest absolute Gasteiger partial charge is 0.165 e. The van der Waals surface area contributed by atoms with Crippen LogP contribution in [0.25, 0.3) is 0 Å². The number of hydrogen-bond donors (Lipinski definition) is 1. The monoisotopic (exact) mass is 248 g/mol. The van der Waals surface area contributed by atoms with E-state index in [0.29, 0.717) is 11.3 Å². The van der Waals surface area contributed by atoms with Crippen molar-refractivity contribution in [2.75, 3.05) is 7.11 Å². The first kappa shape index (κ1) is 12.4. The molecule has 0 saturated heterocycles. The van der Waals surface area contributed by atoms with E-state index in [9.17, 15) is 9.50 Å². The summed E-state index contributed by atoms with van der Waals surface area (Å²) in [7, 11) is 1.41. The van der Waals surface area contributed by atoms with Crippen LogP contribution in [-0.2, 0) is 6.42 Å². The van der Waals surface area contributed by atoms with Crippen molar-refractivity contribution in [3.8, 4) is 5.75 Å². The molecular formula is C13H13FN2O2. The summed E-state index contributed by atoms with van der Waals surface area (Å²) >= 11 is 0. The van der Waals surface area contributed by atoms with Crippen molar-refractivity contribution in [1.82, 2.24) is 9.97 Å². The molecule has 0 amide bonds. The van der Waals surface area contributed by atoms with E-state index < -0.39 is 11.9 Å². The Balaban J connectivity index is 2.12. The number of aromatic nitrogens is 2. The quantitative estimate of drug-likeness (QED) is 0.897. The molecule has 0 radical (unpaired) electrons. The largest absolute Gasteiger partial charge is 0.494 e. The Hall–Kier alpha value is -2.01. The Morgan fingerprint density at radius 3 is 2.83 bits per heavy atom. The van der Waals surface area contributed by atoms with E-state index in [-0.39, 0.29) is 12.2 Å². The predicted octanol–water partition coefficient (Wildman–Crippen LogP) is 1.90. The highest BCUT2D eigenvalue weighted by atomic mass is 19.1. The standard InChI is InChI=1S/C13H13FN2O2/c1-18-13-3-2-9(6-10(13)14)7-12(17)11-4-5-15-8-16-11/h2-6,8,12,17H,7H2,1H3. The van der Waals surface area contributed by atoms with Gasteiger partial charge in [-0.15, -0.1) is 0 Å². The SMILES string of the molecule is COc1ccc(CC(O)c2ccncn2)cc1F. The molecule has 4 nitrogen and oxygen atoms in total. The summed E-state index contributed by atoms with van der Waals surface area (Å²) in [6, 6.07) is 6.23. The molecule has 0 saturated carbocycles. The van der Waals surface area contributed by atoms with Crippen LogP contribution in [0.2, 0.25) is 0 Å². The molecule has 0 aliphatic heterocycles. The normalized spacial score (nSPS) is 12.2. The molecule has 18 heavy (non-hydrogen) atoms. The van der Waals surface area contributed by atoms with Gasteiger partial charge in [-0.1, -0.05) is 6.07 Å². The maximum atomic E-state index is 13.5. The molecular weight excluding hydrogens is 235 g/mol. The fourth-order valence-corrected chi connectivity index (χ4v) is 1.66. The number of aliphatic hydroxyl groups excluding tert-OH is 1. The van der Waals surface area contributed by atoms with E-state index >= 15 is 0 Å². The van der Waals surface area contributed by atoms with Crippen molar-refractivity contribution in [1.29, 1.82) is 0 Å². The molecule has 1 aromatic carbocycles. The third-order valence-electron chi connectivity index (χ3n) is 2.59. The molecule has 0 aliphatic carbocycles. The molecule has 0 fully saturated rings. The van der Waals surface area contributed by atoms with Gasteiger partial charge in [-0.3, -0.25) is 0 Å². The molecule has 0 bridgehead atoms. The van der Waals surface area contributed by atoms with Crippen LogP contribution in [0.3, 0.4) is 0 Å². The van der Waals surface area contributed by atoms with Crippen molar-refractivity contribution in [2.45, 2.75) is 12.5 Å². The topological polar surface area (TPSA) is 55.2 Å². The second-order valence-corrected chi connectivity index (χ2v) is 3.82. The summed E-state index contributed by atoms with van der Waals surface area (Å²) in [4.78, 5) is 7.72. The molecule has 1 aromatic heterocycles. The van der Waals surface area contributed by atoms with Gasteiger partial charge in [-0.05, 0) is 23.8 Å². The molecule has 94 valence electrons. The highest BCUT2D eigenvalue weighted by Crippen LogP contribution is 2.21. The maximum Gasteiger partial charge on any atom is 0.165 e. The number of hydrogen-bond acceptors (Lipinski definition) is 4. The minimum absolute atomic E-state index is 0.190. The summed E-state index contributed by atoms with van der Waals surface area (Å²) in [6.07, 6.45) is 2.44. The van der Waals surface area contributed by atoms with Gasteiger partial charge in [-0.25, -0.2) is 14.4 Å². The molecule has 1 atom stereocenters. The molecule has 1 unspecified atom stereocenters. The lowest BCUT2D eigenvalue weighted by Gasteiger charge is -2.10. The van der Waals surface area contributed by atoms with Gasteiger partial charge in [0.25, 0.3) is 0 Å². The number of nitrogens with zero attached hydrogens (tertiary/aromatic N) is 2. The first-order valence-electron chi connectivity index (χ1n) is 5.47. The van der Waals surface area contributed by atoms with Crippen LogP contribution in [0, 0.1) is 5.82 Å². The number of halogens is 1. The number of aliphatic hydroxyl groups is 1. The van der Waals surface area contributed by atoms with Gasteiger partial charge >= 0.3 is 0 Å². The van der Waals surface area contributed by atoms with Gasteiger partial charge in [0.2, 0.25) is 0 Å². The summed E-state index contributed by atoms with van der Waals surface area (Å²) in [5.41, 5.74) is 1.20. The predicted molar refractivity (Wildman–Crippen MR) is 63.6 cm³/mol. The van der Waals surface area contributed by atoms with Gasteiger partial charge < -0.3 is 9.84 Å². The van der Waals surface area contributed by atoms with Gasteiger partial charge in [0, 0.05) is 12.6 Å². The van der Waals surface area contributed by atoms with Gasteiger partial charge in [-0.2, -0.15) is 0 Å². The van der Waals surface area contributed by atoms with Crippen molar-refractivity contribution in [2.24, 2.45) is 0 Å². The minimum atomic E-state index is -0.777. The van der Waals surface area contributed by atoms with Crippen molar-refractivity contribution >= 4 is 0 Å². The molecule has 2 aromatic rings. The molecule has 2 rings (SSSR count). The first-order valence-corrected chi connectivity index (χ1v) is 5.47. The Bertz CT molecular complexity index is 520. The summed E-state index contributed by atoms with van der Waals surface area (Å²) in [6.45, 7) is 0. The zero-order valence-corrected chi connectivity index (χ0v) is 9.88. The lowest BCUT2D eigenvalue weighted by atomic mass is 10.1. The fourth-order valence-electron chi connectivity index (χ4n) is 1.66. The Labute approximate surface area is 104 Å². The van der Waals surface area contributed by atoms with Crippen LogP contribution in [0.4, 0.5) is 4.39 Å². The third-order valence-corrected chi connectivity index (χ3v) is 2.59.